The molecule has 0 aliphatic heterocycles. The summed E-state index contributed by atoms with van der Waals surface area (Å²) in [5, 5.41) is 0.804. The SMILES string of the molecule is FC(F)(F)Oc1ccc(/C=C(/CBr)C2CCCCC2)cc1. The molecule has 0 atom stereocenters. The maximum absolute atomic E-state index is 12.1. The van der Waals surface area contributed by atoms with Crippen LogP contribution in [0.1, 0.15) is 37.7 Å². The predicted octanol–water partition coefficient (Wildman–Crippen LogP) is 5.94. The standard InChI is InChI=1S/C16H18BrF3O/c17-11-14(13-4-2-1-3-5-13)10-12-6-8-15(9-7-12)21-16(18,19)20/h6-10,13H,1-5,11H2/b14-10-. The van der Waals surface area contributed by atoms with E-state index in [9.17, 15) is 13.2 Å². The van der Waals surface area contributed by atoms with Crippen molar-refractivity contribution in [2.75, 3.05) is 5.33 Å². The van der Waals surface area contributed by atoms with Crippen molar-refractivity contribution in [3.05, 3.63) is 35.4 Å². The van der Waals surface area contributed by atoms with Gasteiger partial charge in [0.25, 0.3) is 0 Å². The minimum absolute atomic E-state index is 0.183. The molecule has 0 aromatic heterocycles. The van der Waals surface area contributed by atoms with E-state index in [2.05, 4.69) is 26.7 Å². The van der Waals surface area contributed by atoms with Crippen molar-refractivity contribution in [2.45, 2.75) is 38.5 Å². The molecule has 2 rings (SSSR count). The van der Waals surface area contributed by atoms with Crippen molar-refractivity contribution < 1.29 is 17.9 Å². The van der Waals surface area contributed by atoms with E-state index < -0.39 is 6.36 Å². The second-order valence-corrected chi connectivity index (χ2v) is 5.87. The van der Waals surface area contributed by atoms with Gasteiger partial charge in [-0.05, 0) is 36.5 Å². The lowest BCUT2D eigenvalue weighted by Gasteiger charge is -2.23. The largest absolute Gasteiger partial charge is 0.573 e. The molecular formula is C16H18BrF3O. The highest BCUT2D eigenvalue weighted by Gasteiger charge is 2.30. The minimum Gasteiger partial charge on any atom is -0.406 e. The number of ether oxygens (including phenoxy) is 1. The lowest BCUT2D eigenvalue weighted by molar-refractivity contribution is -0.274. The average Bonchev–Trinajstić information content (AvgIpc) is 2.46. The molecule has 0 bridgehead atoms. The van der Waals surface area contributed by atoms with Crippen molar-refractivity contribution in [1.82, 2.24) is 0 Å². The van der Waals surface area contributed by atoms with Gasteiger partial charge in [0.15, 0.2) is 0 Å². The van der Waals surface area contributed by atoms with Crippen LogP contribution in [0.4, 0.5) is 13.2 Å². The van der Waals surface area contributed by atoms with Crippen molar-refractivity contribution in [1.29, 1.82) is 0 Å². The van der Waals surface area contributed by atoms with Crippen LogP contribution in [0.2, 0.25) is 0 Å². The molecule has 0 N–H and O–H groups in total. The summed E-state index contributed by atoms with van der Waals surface area (Å²) in [6.45, 7) is 0. The summed E-state index contributed by atoms with van der Waals surface area (Å²) in [5.74, 6) is 0.405. The molecule has 0 amide bonds. The molecule has 1 aliphatic rings. The molecule has 5 heteroatoms. The first-order chi connectivity index (χ1) is 9.98. The molecule has 116 valence electrons. The lowest BCUT2D eigenvalue weighted by atomic mass is 9.84. The molecule has 0 heterocycles. The van der Waals surface area contributed by atoms with Crippen LogP contribution in [0.3, 0.4) is 0 Å². The van der Waals surface area contributed by atoms with Gasteiger partial charge in [0.05, 0.1) is 0 Å². The Balaban J connectivity index is 2.07. The van der Waals surface area contributed by atoms with Crippen molar-refractivity contribution in [3.63, 3.8) is 0 Å². The summed E-state index contributed by atoms with van der Waals surface area (Å²) in [7, 11) is 0. The van der Waals surface area contributed by atoms with E-state index in [1.54, 1.807) is 12.1 Å². The lowest BCUT2D eigenvalue weighted by Crippen LogP contribution is -2.16. The number of hydrogen-bond acceptors (Lipinski definition) is 1. The summed E-state index contributed by atoms with van der Waals surface area (Å²) in [5.41, 5.74) is 2.23. The Kier molecular flexibility index (Phi) is 5.73. The molecule has 0 spiro atoms. The van der Waals surface area contributed by atoms with Gasteiger partial charge in [0.1, 0.15) is 5.75 Å². The normalized spacial score (nSPS) is 17.8. The molecular weight excluding hydrogens is 345 g/mol. The van der Waals surface area contributed by atoms with Crippen molar-refractivity contribution >= 4 is 22.0 Å². The minimum atomic E-state index is -4.64. The van der Waals surface area contributed by atoms with E-state index >= 15 is 0 Å². The third-order valence-electron chi connectivity index (χ3n) is 3.75. The number of rotatable bonds is 4. The second kappa shape index (κ2) is 7.34. The molecule has 1 aromatic rings. The zero-order chi connectivity index (χ0) is 15.3. The van der Waals surface area contributed by atoms with Crippen LogP contribution in [0.5, 0.6) is 5.75 Å². The summed E-state index contributed by atoms with van der Waals surface area (Å²) >= 11 is 3.52. The Bertz CT molecular complexity index is 473. The van der Waals surface area contributed by atoms with E-state index in [0.717, 1.165) is 10.9 Å². The van der Waals surface area contributed by atoms with Crippen molar-refractivity contribution in [3.8, 4) is 5.75 Å². The van der Waals surface area contributed by atoms with Gasteiger partial charge in [-0.25, -0.2) is 0 Å². The number of allylic oxidation sites excluding steroid dienone is 1. The molecule has 0 radical (unpaired) electrons. The van der Waals surface area contributed by atoms with Crippen LogP contribution in [0, 0.1) is 5.92 Å². The molecule has 1 fully saturated rings. The van der Waals surface area contributed by atoms with Crippen LogP contribution in [0.25, 0.3) is 6.08 Å². The fourth-order valence-corrected chi connectivity index (χ4v) is 3.34. The number of benzene rings is 1. The predicted molar refractivity (Wildman–Crippen MR) is 81.5 cm³/mol. The average molecular weight is 363 g/mol. The monoisotopic (exact) mass is 362 g/mol. The van der Waals surface area contributed by atoms with E-state index in [-0.39, 0.29) is 5.75 Å². The highest BCUT2D eigenvalue weighted by Crippen LogP contribution is 2.32. The quantitative estimate of drug-likeness (QED) is 0.601. The highest BCUT2D eigenvalue weighted by molar-refractivity contribution is 9.09. The third-order valence-corrected chi connectivity index (χ3v) is 4.40. The number of alkyl halides is 4. The van der Waals surface area contributed by atoms with Gasteiger partial charge in [-0.15, -0.1) is 13.2 Å². The molecule has 1 nitrogen and oxygen atoms in total. The zero-order valence-corrected chi connectivity index (χ0v) is 13.2. The van der Waals surface area contributed by atoms with Gasteiger partial charge in [-0.2, -0.15) is 0 Å². The van der Waals surface area contributed by atoms with E-state index in [4.69, 9.17) is 0 Å². The topological polar surface area (TPSA) is 9.23 Å². The molecule has 0 saturated heterocycles. The van der Waals surface area contributed by atoms with Crippen LogP contribution in [0.15, 0.2) is 29.8 Å². The molecule has 0 unspecified atom stereocenters. The third kappa shape index (κ3) is 5.38. The Hall–Kier alpha value is -0.970. The van der Waals surface area contributed by atoms with E-state index in [1.165, 1.54) is 49.8 Å². The van der Waals surface area contributed by atoms with Gasteiger partial charge >= 0.3 is 6.36 Å². The fourth-order valence-electron chi connectivity index (χ4n) is 2.72. The molecule has 1 aromatic carbocycles. The smallest absolute Gasteiger partial charge is 0.406 e. The van der Waals surface area contributed by atoms with Crippen molar-refractivity contribution in [2.24, 2.45) is 5.92 Å². The van der Waals surface area contributed by atoms with Gasteiger partial charge in [-0.1, -0.05) is 59.0 Å². The number of hydrogen-bond donors (Lipinski definition) is 0. The summed E-state index contributed by atoms with van der Waals surface area (Å²) < 4.78 is 40.2. The maximum Gasteiger partial charge on any atom is 0.573 e. The van der Waals surface area contributed by atoms with Crippen LogP contribution < -0.4 is 4.74 Å². The first-order valence-corrected chi connectivity index (χ1v) is 8.22. The number of halogens is 4. The molecule has 1 aliphatic carbocycles. The highest BCUT2D eigenvalue weighted by atomic mass is 79.9. The Morgan fingerprint density at radius 2 is 1.76 bits per heavy atom. The van der Waals surface area contributed by atoms with Gasteiger partial charge in [0, 0.05) is 5.33 Å². The second-order valence-electron chi connectivity index (χ2n) is 5.30. The fraction of sp³-hybridized carbons (Fsp3) is 0.500. The van der Waals surface area contributed by atoms with Crippen LogP contribution >= 0.6 is 15.9 Å². The van der Waals surface area contributed by atoms with E-state index in [0.29, 0.717) is 5.92 Å². The van der Waals surface area contributed by atoms with Gasteiger partial charge in [-0.3, -0.25) is 0 Å². The maximum atomic E-state index is 12.1. The zero-order valence-electron chi connectivity index (χ0n) is 11.6. The summed E-state index contributed by atoms with van der Waals surface area (Å²) in [6.07, 6.45) is 3.65. The van der Waals surface area contributed by atoms with Crippen LogP contribution in [-0.4, -0.2) is 11.7 Å². The first kappa shape index (κ1) is 16.4. The van der Waals surface area contributed by atoms with Crippen LogP contribution in [-0.2, 0) is 0 Å². The van der Waals surface area contributed by atoms with Gasteiger partial charge < -0.3 is 4.74 Å². The first-order valence-electron chi connectivity index (χ1n) is 7.10. The Morgan fingerprint density at radius 1 is 1.14 bits per heavy atom. The molecule has 21 heavy (non-hydrogen) atoms. The van der Waals surface area contributed by atoms with Gasteiger partial charge in [0.2, 0.25) is 0 Å². The van der Waals surface area contributed by atoms with E-state index in [1.807, 2.05) is 0 Å². The summed E-state index contributed by atoms with van der Waals surface area (Å²) in [6, 6.07) is 6.03. The molecule has 1 saturated carbocycles. The Morgan fingerprint density at radius 3 is 2.29 bits per heavy atom. The summed E-state index contributed by atoms with van der Waals surface area (Å²) in [4.78, 5) is 0. The Labute approximate surface area is 131 Å².